The van der Waals surface area contributed by atoms with Gasteiger partial charge in [-0.05, 0) is 24.3 Å². The summed E-state index contributed by atoms with van der Waals surface area (Å²) >= 11 is 0. The van der Waals surface area contributed by atoms with E-state index in [0.29, 0.717) is 16.4 Å². The summed E-state index contributed by atoms with van der Waals surface area (Å²) in [6, 6.07) is 6.13. The van der Waals surface area contributed by atoms with Crippen molar-refractivity contribution in [2.24, 2.45) is 7.05 Å². The van der Waals surface area contributed by atoms with Crippen LogP contribution in [0.15, 0.2) is 43.0 Å². The number of nitrogens with zero attached hydrogens (tertiary/aromatic N) is 3. The number of ether oxygens (including phenoxy) is 1. The third kappa shape index (κ3) is 3.83. The maximum atomic E-state index is 12.0. The lowest BCUT2D eigenvalue weighted by atomic mass is 10.2. The number of rotatable bonds is 4. The molecule has 0 bridgehead atoms. The summed E-state index contributed by atoms with van der Waals surface area (Å²) in [5, 5.41) is 13.0. The Balaban J connectivity index is 2.00. The molecule has 0 atom stereocenters. The number of carbonyl (C=O) groups is 2. The lowest BCUT2D eigenvalue weighted by molar-refractivity contribution is -0.671. The van der Waals surface area contributed by atoms with Crippen LogP contribution in [-0.2, 0) is 23.1 Å². The van der Waals surface area contributed by atoms with E-state index in [9.17, 15) is 14.8 Å². The van der Waals surface area contributed by atoms with Crippen LogP contribution in [0, 0.1) is 0 Å². The van der Waals surface area contributed by atoms with Crippen molar-refractivity contribution in [2.75, 3.05) is 17.5 Å². The minimum atomic E-state index is -0.592. The van der Waals surface area contributed by atoms with E-state index in [0.717, 1.165) is 0 Å². The van der Waals surface area contributed by atoms with Crippen molar-refractivity contribution >= 4 is 23.4 Å². The molecule has 22 heavy (non-hydrogen) atoms. The van der Waals surface area contributed by atoms with E-state index in [-0.39, 0.29) is 6.54 Å². The maximum Gasteiger partial charge on any atom is 0.411 e. The van der Waals surface area contributed by atoms with Crippen molar-refractivity contribution in [1.82, 2.24) is 4.57 Å². The summed E-state index contributed by atoms with van der Waals surface area (Å²) in [5.41, 5.74) is 0.797. The second-order valence-electron chi connectivity index (χ2n) is 4.62. The van der Waals surface area contributed by atoms with Crippen molar-refractivity contribution in [2.45, 2.75) is 6.54 Å². The number of anilines is 2. The van der Waals surface area contributed by atoms with Gasteiger partial charge in [0.15, 0.2) is 6.54 Å². The topological polar surface area (TPSA) is 87.7 Å². The zero-order chi connectivity index (χ0) is 16.1. The highest BCUT2D eigenvalue weighted by molar-refractivity contribution is 5.91. The average molecular weight is 305 g/mol. The van der Waals surface area contributed by atoms with Gasteiger partial charge >= 0.3 is 6.09 Å². The van der Waals surface area contributed by atoms with Crippen molar-refractivity contribution in [3.05, 3.63) is 43.0 Å². The summed E-state index contributed by atoms with van der Waals surface area (Å²) in [4.78, 5) is 23.0. The van der Waals surface area contributed by atoms with Crippen molar-refractivity contribution < 1.29 is 24.1 Å². The summed E-state index contributed by atoms with van der Waals surface area (Å²) in [6.07, 6.45) is 4.66. The number of hydrogen-bond acceptors (Lipinski definition) is 4. The van der Waals surface area contributed by atoms with E-state index in [1.54, 1.807) is 40.0 Å². The van der Waals surface area contributed by atoms with Crippen LogP contribution in [0.5, 0.6) is 0 Å². The Morgan fingerprint density at radius 3 is 2.59 bits per heavy atom. The molecular formula is C14H17N4O4+. The molecule has 8 nitrogen and oxygen atoms in total. The number of hydrogen-bond donors (Lipinski definition) is 2. The normalized spacial score (nSPS) is 10.1. The number of hydroxylamine groups is 1. The van der Waals surface area contributed by atoms with Gasteiger partial charge in [0.2, 0.25) is 6.33 Å². The Bertz CT molecular complexity index is 666. The van der Waals surface area contributed by atoms with Gasteiger partial charge in [0.1, 0.15) is 12.4 Å². The highest BCUT2D eigenvalue weighted by atomic mass is 16.5. The van der Waals surface area contributed by atoms with E-state index in [1.807, 2.05) is 7.05 Å². The minimum Gasteiger partial charge on any atom is -0.453 e. The molecule has 0 fully saturated rings. The fourth-order valence-electron chi connectivity index (χ4n) is 1.82. The molecule has 0 aliphatic carbocycles. The molecule has 0 unspecified atom stereocenters. The zero-order valence-corrected chi connectivity index (χ0v) is 12.3. The zero-order valence-electron chi connectivity index (χ0n) is 12.3. The number of aromatic nitrogens is 2. The quantitative estimate of drug-likeness (QED) is 0.499. The number of benzene rings is 1. The van der Waals surface area contributed by atoms with Gasteiger partial charge < -0.3 is 4.74 Å². The van der Waals surface area contributed by atoms with E-state index in [4.69, 9.17) is 0 Å². The Morgan fingerprint density at radius 1 is 1.36 bits per heavy atom. The monoisotopic (exact) mass is 305 g/mol. The minimum absolute atomic E-state index is 0.0134. The van der Waals surface area contributed by atoms with Gasteiger partial charge in [0, 0.05) is 5.69 Å². The Hall–Kier alpha value is -2.87. The van der Waals surface area contributed by atoms with Crippen molar-refractivity contribution in [3.8, 4) is 0 Å². The highest BCUT2D eigenvalue weighted by Crippen LogP contribution is 2.17. The smallest absolute Gasteiger partial charge is 0.411 e. The molecule has 0 saturated heterocycles. The molecule has 0 aliphatic heterocycles. The van der Waals surface area contributed by atoms with Gasteiger partial charge in [-0.3, -0.25) is 15.3 Å². The average Bonchev–Trinajstić information content (AvgIpc) is 2.92. The van der Waals surface area contributed by atoms with Crippen molar-refractivity contribution in [3.63, 3.8) is 0 Å². The van der Waals surface area contributed by atoms with Gasteiger partial charge in [-0.2, -0.15) is 5.06 Å². The van der Waals surface area contributed by atoms with Crippen LogP contribution in [0.2, 0.25) is 0 Å². The summed E-state index contributed by atoms with van der Waals surface area (Å²) in [5.74, 6) is -0.482. The number of aryl methyl sites for hydroxylation is 1. The molecule has 2 amide bonds. The van der Waals surface area contributed by atoms with Gasteiger partial charge in [-0.15, -0.1) is 0 Å². The first-order valence-electron chi connectivity index (χ1n) is 6.47. The van der Waals surface area contributed by atoms with Gasteiger partial charge in [0.05, 0.1) is 19.8 Å². The molecule has 1 aromatic carbocycles. The molecule has 1 heterocycles. The van der Waals surface area contributed by atoms with Crippen LogP contribution in [-0.4, -0.2) is 28.9 Å². The fraction of sp³-hybridized carbons (Fsp3) is 0.214. The highest BCUT2D eigenvalue weighted by Gasteiger charge is 2.16. The predicted molar refractivity (Wildman–Crippen MR) is 77.4 cm³/mol. The fourth-order valence-corrected chi connectivity index (χ4v) is 1.82. The first-order chi connectivity index (χ1) is 10.5. The first-order valence-corrected chi connectivity index (χ1v) is 6.47. The van der Waals surface area contributed by atoms with E-state index in [1.165, 1.54) is 19.2 Å². The van der Waals surface area contributed by atoms with Gasteiger partial charge in [0.25, 0.3) is 5.91 Å². The molecule has 2 rings (SSSR count). The largest absolute Gasteiger partial charge is 0.453 e. The third-order valence-corrected chi connectivity index (χ3v) is 2.92. The number of carbonyl (C=O) groups excluding carboxylic acids is 2. The lowest BCUT2D eigenvalue weighted by Crippen LogP contribution is -2.31. The molecule has 0 spiro atoms. The van der Waals surface area contributed by atoms with E-state index in [2.05, 4.69) is 10.1 Å². The Kier molecular flexibility index (Phi) is 4.74. The second kappa shape index (κ2) is 6.72. The SMILES string of the molecule is COC(=O)Nc1ccc(N(O)C(=O)Cn2cc[n+](C)c2)cc1. The van der Waals surface area contributed by atoms with Crippen LogP contribution in [0.3, 0.4) is 0 Å². The van der Waals surface area contributed by atoms with E-state index < -0.39 is 12.0 Å². The molecule has 2 N–H and O–H groups in total. The number of imidazole rings is 1. The number of amides is 2. The third-order valence-electron chi connectivity index (χ3n) is 2.92. The standard InChI is InChI=1S/C14H16N4O4/c1-16-7-8-17(10-16)9-13(19)18(21)12-5-3-11(4-6-12)15-14(20)22-2/h3-8,10,21H,9H2,1-2H3/p+1. The summed E-state index contributed by atoms with van der Waals surface area (Å²) in [7, 11) is 3.10. The number of nitrogens with one attached hydrogen (secondary N) is 1. The molecule has 1 aromatic heterocycles. The van der Waals surface area contributed by atoms with Crippen LogP contribution >= 0.6 is 0 Å². The van der Waals surface area contributed by atoms with Crippen LogP contribution < -0.4 is 14.9 Å². The molecule has 8 heteroatoms. The molecule has 116 valence electrons. The molecule has 0 aliphatic rings. The van der Waals surface area contributed by atoms with Gasteiger partial charge in [-0.25, -0.2) is 13.9 Å². The summed E-state index contributed by atoms with van der Waals surface area (Å²) in [6.45, 7) is 0.0134. The molecule has 0 saturated carbocycles. The summed E-state index contributed by atoms with van der Waals surface area (Å²) < 4.78 is 7.92. The van der Waals surface area contributed by atoms with E-state index >= 15 is 0 Å². The second-order valence-corrected chi connectivity index (χ2v) is 4.62. The Labute approximate surface area is 127 Å². The van der Waals surface area contributed by atoms with Crippen LogP contribution in [0.4, 0.5) is 16.2 Å². The molecule has 2 aromatic rings. The Morgan fingerprint density at radius 2 is 2.05 bits per heavy atom. The molecule has 0 radical (unpaired) electrons. The van der Waals surface area contributed by atoms with Gasteiger partial charge in [-0.1, -0.05) is 0 Å². The maximum absolute atomic E-state index is 12.0. The van der Waals surface area contributed by atoms with Crippen molar-refractivity contribution in [1.29, 1.82) is 0 Å². The first kappa shape index (κ1) is 15.5. The molecular weight excluding hydrogens is 288 g/mol. The number of methoxy groups -OCH3 is 1. The van der Waals surface area contributed by atoms with Crippen LogP contribution in [0.1, 0.15) is 0 Å². The van der Waals surface area contributed by atoms with Crippen LogP contribution in [0.25, 0.3) is 0 Å². The predicted octanol–water partition coefficient (Wildman–Crippen LogP) is 0.913. The lowest BCUT2D eigenvalue weighted by Gasteiger charge is -2.14.